The Kier molecular flexibility index (Phi) is 16.5. The maximum atomic E-state index is 12.3. The normalized spacial score (nSPS) is 15.6. The van der Waals surface area contributed by atoms with E-state index in [9.17, 15) is 19.0 Å². The van der Waals surface area contributed by atoms with Gasteiger partial charge in [-0.25, -0.2) is 4.57 Å². The highest BCUT2D eigenvalue weighted by molar-refractivity contribution is 7.47. The number of hydrogen-bond donors (Lipinski definition) is 3. The van der Waals surface area contributed by atoms with Crippen molar-refractivity contribution >= 4 is 19.8 Å². The number of aliphatic carboxylic acids is 1. The van der Waals surface area contributed by atoms with Crippen molar-refractivity contribution in [3.8, 4) is 5.75 Å². The van der Waals surface area contributed by atoms with Gasteiger partial charge in [-0.15, -0.1) is 0 Å². The first kappa shape index (κ1) is 34.8. The molecule has 1 aromatic carbocycles. The number of benzene rings is 1. The van der Waals surface area contributed by atoms with Gasteiger partial charge in [-0.2, -0.15) is 0 Å². The van der Waals surface area contributed by atoms with Crippen LogP contribution in [0.15, 0.2) is 72.1 Å². The number of esters is 1. The Balaban J connectivity index is 2.59. The van der Waals surface area contributed by atoms with Crippen LogP contribution in [0.5, 0.6) is 5.75 Å². The maximum Gasteiger partial charge on any atom is 0.472 e. The summed E-state index contributed by atoms with van der Waals surface area (Å²) in [5.74, 6) is -0.530. The number of para-hydroxylation sites is 1. The van der Waals surface area contributed by atoms with Crippen LogP contribution in [0.25, 0.3) is 0 Å². The number of allylic oxidation sites excluding steroid dienone is 4. The molecule has 12 heteroatoms. The van der Waals surface area contributed by atoms with Gasteiger partial charge in [-0.1, -0.05) is 36.4 Å². The second kappa shape index (κ2) is 19.0. The van der Waals surface area contributed by atoms with Gasteiger partial charge in [-0.3, -0.25) is 18.6 Å². The number of carbonyl (C=O) groups is 2. The summed E-state index contributed by atoms with van der Waals surface area (Å²) in [7, 11) is -4.58. The predicted octanol–water partition coefficient (Wildman–Crippen LogP) is 4.47. The van der Waals surface area contributed by atoms with E-state index in [1.54, 1.807) is 0 Å². The van der Waals surface area contributed by atoms with Crippen LogP contribution in [0.4, 0.5) is 0 Å². The van der Waals surface area contributed by atoms with Crippen LogP contribution >= 0.6 is 7.82 Å². The van der Waals surface area contributed by atoms with Gasteiger partial charge in [0.15, 0.2) is 0 Å². The van der Waals surface area contributed by atoms with Crippen molar-refractivity contribution in [1.82, 2.24) is 0 Å². The van der Waals surface area contributed by atoms with Crippen molar-refractivity contribution in [3.63, 3.8) is 0 Å². The first-order chi connectivity index (χ1) is 19.0. The molecule has 0 radical (unpaired) electrons. The minimum Gasteiger partial charge on any atom is -0.490 e. The Labute approximate surface area is 235 Å². The molecule has 1 aromatic rings. The molecular weight excluding hydrogens is 541 g/mol. The zero-order chi connectivity index (χ0) is 30.0. The van der Waals surface area contributed by atoms with Crippen LogP contribution in [-0.2, 0) is 39.1 Å². The molecular formula is C28H40NO10P. The van der Waals surface area contributed by atoms with E-state index in [0.29, 0.717) is 25.4 Å². The molecule has 0 bridgehead atoms. The molecule has 0 fully saturated rings. The minimum atomic E-state index is -4.58. The first-order valence-corrected chi connectivity index (χ1v) is 14.2. The van der Waals surface area contributed by atoms with Crippen molar-refractivity contribution in [2.45, 2.75) is 52.7 Å². The quantitative estimate of drug-likeness (QED) is 0.0913. The van der Waals surface area contributed by atoms with E-state index < -0.39 is 38.5 Å². The summed E-state index contributed by atoms with van der Waals surface area (Å²) < 4.78 is 38.2. The molecule has 0 saturated carbocycles. The molecule has 0 saturated heterocycles. The SMILES string of the molecule is C/C=C\C(=C/COC(/C=C\C)=C/C)COc1ccccc1CCC(=O)OC[C@@H](C)OP(=O)(O)OC[C@H](N)C(=O)O. The Morgan fingerprint density at radius 2 is 1.77 bits per heavy atom. The van der Waals surface area contributed by atoms with E-state index in [1.807, 2.05) is 81.5 Å². The number of nitrogens with two attached hydrogens (primary N) is 1. The largest absolute Gasteiger partial charge is 0.490 e. The van der Waals surface area contributed by atoms with Gasteiger partial charge < -0.3 is 29.9 Å². The van der Waals surface area contributed by atoms with Crippen LogP contribution in [0.1, 0.15) is 39.7 Å². The highest BCUT2D eigenvalue weighted by Gasteiger charge is 2.27. The Morgan fingerprint density at radius 1 is 1.07 bits per heavy atom. The smallest absolute Gasteiger partial charge is 0.472 e. The third-order valence-electron chi connectivity index (χ3n) is 5.08. The summed E-state index contributed by atoms with van der Waals surface area (Å²) in [6.07, 6.45) is 10.9. The lowest BCUT2D eigenvalue weighted by molar-refractivity contribution is -0.146. The van der Waals surface area contributed by atoms with E-state index in [4.69, 9.17) is 29.6 Å². The number of ether oxygens (including phenoxy) is 3. The van der Waals surface area contributed by atoms with Crippen LogP contribution < -0.4 is 10.5 Å². The molecule has 11 nitrogen and oxygen atoms in total. The fourth-order valence-corrected chi connectivity index (χ4v) is 4.02. The summed E-state index contributed by atoms with van der Waals surface area (Å²) in [5, 5.41) is 8.71. The molecule has 3 atom stereocenters. The number of rotatable bonds is 19. The minimum absolute atomic E-state index is 0.0380. The second-order valence-corrected chi connectivity index (χ2v) is 9.89. The zero-order valence-corrected chi connectivity index (χ0v) is 24.3. The molecule has 0 heterocycles. The summed E-state index contributed by atoms with van der Waals surface area (Å²) in [4.78, 5) is 32.6. The van der Waals surface area contributed by atoms with Crippen LogP contribution in [0, 0.1) is 0 Å². The van der Waals surface area contributed by atoms with E-state index in [1.165, 1.54) is 6.92 Å². The Bertz CT molecular complexity index is 1110. The average molecular weight is 582 g/mol. The maximum absolute atomic E-state index is 12.3. The first-order valence-electron chi connectivity index (χ1n) is 12.7. The van der Waals surface area contributed by atoms with E-state index in [-0.39, 0.29) is 13.0 Å². The Hall–Kier alpha value is -3.21. The third kappa shape index (κ3) is 14.8. The molecule has 1 unspecified atom stereocenters. The van der Waals surface area contributed by atoms with Crippen molar-refractivity contribution in [2.24, 2.45) is 5.73 Å². The number of aryl methyl sites for hydroxylation is 1. The highest BCUT2D eigenvalue weighted by atomic mass is 31.2. The summed E-state index contributed by atoms with van der Waals surface area (Å²) >= 11 is 0. The molecule has 0 aliphatic carbocycles. The van der Waals surface area contributed by atoms with Gasteiger partial charge in [0.25, 0.3) is 0 Å². The van der Waals surface area contributed by atoms with Gasteiger partial charge >= 0.3 is 19.8 Å². The fraction of sp³-hybridized carbons (Fsp3) is 0.429. The van der Waals surface area contributed by atoms with Crippen LogP contribution in [0.3, 0.4) is 0 Å². The van der Waals surface area contributed by atoms with Crippen molar-refractivity contribution in [2.75, 3.05) is 26.4 Å². The van der Waals surface area contributed by atoms with Crippen molar-refractivity contribution in [1.29, 1.82) is 0 Å². The van der Waals surface area contributed by atoms with Gasteiger partial charge in [0.1, 0.15) is 43.5 Å². The lowest BCUT2D eigenvalue weighted by atomic mass is 10.1. The van der Waals surface area contributed by atoms with E-state index in [0.717, 1.165) is 16.9 Å². The molecule has 0 aromatic heterocycles. The predicted molar refractivity (Wildman–Crippen MR) is 151 cm³/mol. The zero-order valence-electron chi connectivity index (χ0n) is 23.4. The monoisotopic (exact) mass is 581 g/mol. The molecule has 222 valence electrons. The van der Waals surface area contributed by atoms with Gasteiger partial charge in [0.2, 0.25) is 0 Å². The van der Waals surface area contributed by atoms with Crippen molar-refractivity contribution < 1.29 is 47.4 Å². The molecule has 0 amide bonds. The molecule has 1 rings (SSSR count). The summed E-state index contributed by atoms with van der Waals surface area (Å²) in [5.41, 5.74) is 6.97. The van der Waals surface area contributed by atoms with Gasteiger partial charge in [-0.05, 0) is 69.5 Å². The number of phosphoric ester groups is 1. The van der Waals surface area contributed by atoms with Crippen LogP contribution in [-0.4, -0.2) is 60.5 Å². The molecule has 0 aliphatic heterocycles. The van der Waals surface area contributed by atoms with Crippen molar-refractivity contribution in [3.05, 3.63) is 77.6 Å². The number of carboxylic acid groups (broad SMARTS) is 1. The lowest BCUT2D eigenvalue weighted by Gasteiger charge is -2.18. The molecule has 0 aliphatic rings. The standard InChI is InChI=1S/C28H40NO10P/c1-5-10-22(16-17-35-24(7-3)11-6-2)19-36-26-13-9-8-12-23(26)14-15-27(30)37-18-21(4)39-40(33,34)38-20-25(29)28(31)32/h5-13,16,21,25H,14-15,17-20,29H2,1-4H3,(H,31,32)(H,33,34)/b10-5-,11-6-,22-16+,24-7+/t21-,25+/m1/s1. The average Bonchev–Trinajstić information content (AvgIpc) is 2.91. The topological polar surface area (TPSA) is 164 Å². The lowest BCUT2D eigenvalue weighted by Crippen LogP contribution is -2.34. The summed E-state index contributed by atoms with van der Waals surface area (Å²) in [6, 6.07) is 5.87. The van der Waals surface area contributed by atoms with E-state index in [2.05, 4.69) is 4.52 Å². The second-order valence-electron chi connectivity index (χ2n) is 8.49. The number of carbonyl (C=O) groups excluding carboxylic acids is 1. The molecule has 40 heavy (non-hydrogen) atoms. The molecule has 0 spiro atoms. The number of phosphoric acid groups is 1. The molecule has 4 N–H and O–H groups in total. The number of carboxylic acids is 1. The van der Waals surface area contributed by atoms with Gasteiger partial charge in [0, 0.05) is 6.42 Å². The van der Waals surface area contributed by atoms with E-state index >= 15 is 0 Å². The Morgan fingerprint density at radius 3 is 2.42 bits per heavy atom. The van der Waals surface area contributed by atoms with Gasteiger partial charge in [0.05, 0.1) is 6.61 Å². The number of hydrogen-bond acceptors (Lipinski definition) is 9. The fourth-order valence-electron chi connectivity index (χ4n) is 3.09. The third-order valence-corrected chi connectivity index (χ3v) is 6.19. The highest BCUT2D eigenvalue weighted by Crippen LogP contribution is 2.44. The summed E-state index contributed by atoms with van der Waals surface area (Å²) in [6.45, 7) is 6.81. The van der Waals surface area contributed by atoms with Crippen LogP contribution in [0.2, 0.25) is 0 Å².